The highest BCUT2D eigenvalue weighted by molar-refractivity contribution is 6.31. The summed E-state index contributed by atoms with van der Waals surface area (Å²) < 4.78 is 2.00. The molecule has 0 fully saturated rings. The zero-order chi connectivity index (χ0) is 14.8. The van der Waals surface area contributed by atoms with Gasteiger partial charge in [0.1, 0.15) is 0 Å². The first-order valence-corrected chi connectivity index (χ1v) is 7.10. The summed E-state index contributed by atoms with van der Waals surface area (Å²) in [4.78, 5) is 12.4. The standard InChI is InChI=1S/C17H15ClN2O/c1-20-10-9-13-14(6-4-8-16(13)20)17(21)19-11-12-5-2-3-7-15(12)18/h2-10H,11H2,1H3,(H,19,21). The van der Waals surface area contributed by atoms with Gasteiger partial charge in [-0.2, -0.15) is 0 Å². The number of nitrogens with zero attached hydrogens (tertiary/aromatic N) is 1. The molecule has 0 bridgehead atoms. The lowest BCUT2D eigenvalue weighted by atomic mass is 10.1. The number of carbonyl (C=O) groups excluding carboxylic acids is 1. The van der Waals surface area contributed by atoms with Crippen LogP contribution in [0, 0.1) is 0 Å². The number of aromatic nitrogens is 1. The smallest absolute Gasteiger partial charge is 0.252 e. The zero-order valence-electron chi connectivity index (χ0n) is 11.6. The third-order valence-electron chi connectivity index (χ3n) is 3.57. The number of amides is 1. The molecule has 0 aliphatic carbocycles. The van der Waals surface area contributed by atoms with E-state index in [4.69, 9.17) is 11.6 Å². The average Bonchev–Trinajstić information content (AvgIpc) is 2.88. The molecule has 0 radical (unpaired) electrons. The van der Waals surface area contributed by atoms with Crippen molar-refractivity contribution >= 4 is 28.4 Å². The molecule has 3 nitrogen and oxygen atoms in total. The first-order chi connectivity index (χ1) is 10.2. The van der Waals surface area contributed by atoms with Crippen molar-refractivity contribution < 1.29 is 4.79 Å². The van der Waals surface area contributed by atoms with Gasteiger partial charge in [0.15, 0.2) is 0 Å². The molecule has 0 aliphatic heterocycles. The van der Waals surface area contributed by atoms with Crippen LogP contribution >= 0.6 is 11.6 Å². The SMILES string of the molecule is Cn1ccc2c(C(=O)NCc3ccccc3Cl)cccc21. The van der Waals surface area contributed by atoms with Gasteiger partial charge in [0.2, 0.25) is 0 Å². The number of fused-ring (bicyclic) bond motifs is 1. The second-order valence-corrected chi connectivity index (χ2v) is 5.35. The number of halogens is 1. The topological polar surface area (TPSA) is 34.0 Å². The highest BCUT2D eigenvalue weighted by atomic mass is 35.5. The highest BCUT2D eigenvalue weighted by Crippen LogP contribution is 2.20. The van der Waals surface area contributed by atoms with Crippen LogP contribution in [-0.2, 0) is 13.6 Å². The van der Waals surface area contributed by atoms with Crippen LogP contribution in [0.15, 0.2) is 54.7 Å². The molecule has 21 heavy (non-hydrogen) atoms. The molecule has 1 aromatic heterocycles. The molecule has 4 heteroatoms. The summed E-state index contributed by atoms with van der Waals surface area (Å²) in [6.07, 6.45) is 1.95. The summed E-state index contributed by atoms with van der Waals surface area (Å²) in [5, 5.41) is 4.54. The molecule has 3 rings (SSSR count). The molecule has 0 saturated heterocycles. The Balaban J connectivity index is 1.83. The predicted molar refractivity (Wildman–Crippen MR) is 85.5 cm³/mol. The summed E-state index contributed by atoms with van der Waals surface area (Å²) in [5.74, 6) is -0.0910. The van der Waals surface area contributed by atoms with Gasteiger partial charge in [-0.3, -0.25) is 4.79 Å². The van der Waals surface area contributed by atoms with Crippen LogP contribution in [0.25, 0.3) is 10.9 Å². The minimum Gasteiger partial charge on any atom is -0.351 e. The molecule has 1 heterocycles. The second kappa shape index (κ2) is 5.62. The van der Waals surface area contributed by atoms with E-state index in [1.165, 1.54) is 0 Å². The Morgan fingerprint density at radius 3 is 2.76 bits per heavy atom. The van der Waals surface area contributed by atoms with E-state index in [1.54, 1.807) is 0 Å². The lowest BCUT2D eigenvalue weighted by molar-refractivity contribution is 0.0952. The fraction of sp³-hybridized carbons (Fsp3) is 0.118. The fourth-order valence-corrected chi connectivity index (χ4v) is 2.62. The molecule has 0 aliphatic rings. The number of hydrogen-bond donors (Lipinski definition) is 1. The van der Waals surface area contributed by atoms with Gasteiger partial charge in [-0.05, 0) is 29.8 Å². The van der Waals surface area contributed by atoms with E-state index in [2.05, 4.69) is 5.32 Å². The molecular formula is C17H15ClN2O. The molecule has 0 unspecified atom stereocenters. The fourth-order valence-electron chi connectivity index (χ4n) is 2.41. The van der Waals surface area contributed by atoms with Crippen molar-refractivity contribution in [2.45, 2.75) is 6.54 Å². The minimum atomic E-state index is -0.0910. The van der Waals surface area contributed by atoms with E-state index in [9.17, 15) is 4.79 Å². The number of benzene rings is 2. The van der Waals surface area contributed by atoms with E-state index in [1.807, 2.05) is 66.3 Å². The third kappa shape index (κ3) is 2.65. The van der Waals surface area contributed by atoms with Gasteiger partial charge in [-0.25, -0.2) is 0 Å². The molecule has 0 atom stereocenters. The van der Waals surface area contributed by atoms with E-state index in [0.29, 0.717) is 17.1 Å². The first-order valence-electron chi connectivity index (χ1n) is 6.72. The van der Waals surface area contributed by atoms with Crippen LogP contribution in [-0.4, -0.2) is 10.5 Å². The van der Waals surface area contributed by atoms with E-state index < -0.39 is 0 Å². The van der Waals surface area contributed by atoms with Gasteiger partial charge >= 0.3 is 0 Å². The van der Waals surface area contributed by atoms with Gasteiger partial charge in [-0.1, -0.05) is 35.9 Å². The van der Waals surface area contributed by atoms with Crippen LogP contribution < -0.4 is 5.32 Å². The lowest BCUT2D eigenvalue weighted by Crippen LogP contribution is -2.23. The summed E-state index contributed by atoms with van der Waals surface area (Å²) in [7, 11) is 1.97. The van der Waals surface area contributed by atoms with E-state index in [0.717, 1.165) is 16.5 Å². The van der Waals surface area contributed by atoms with Crippen LogP contribution in [0.3, 0.4) is 0 Å². The Morgan fingerprint density at radius 1 is 1.14 bits per heavy atom. The predicted octanol–water partition coefficient (Wildman–Crippen LogP) is 3.76. The van der Waals surface area contributed by atoms with Crippen LogP contribution in [0.2, 0.25) is 5.02 Å². The van der Waals surface area contributed by atoms with Gasteiger partial charge in [0.25, 0.3) is 5.91 Å². The molecule has 2 aromatic carbocycles. The van der Waals surface area contributed by atoms with Crippen LogP contribution in [0.4, 0.5) is 0 Å². The molecular weight excluding hydrogens is 284 g/mol. The Kier molecular flexibility index (Phi) is 3.67. The largest absolute Gasteiger partial charge is 0.351 e. The Hall–Kier alpha value is -2.26. The maximum Gasteiger partial charge on any atom is 0.252 e. The van der Waals surface area contributed by atoms with Crippen molar-refractivity contribution in [3.63, 3.8) is 0 Å². The number of hydrogen-bond acceptors (Lipinski definition) is 1. The first kappa shape index (κ1) is 13.7. The van der Waals surface area contributed by atoms with E-state index in [-0.39, 0.29) is 5.91 Å². The monoisotopic (exact) mass is 298 g/mol. The minimum absolute atomic E-state index is 0.0910. The Morgan fingerprint density at radius 2 is 1.95 bits per heavy atom. The lowest BCUT2D eigenvalue weighted by Gasteiger charge is -2.08. The Bertz CT molecular complexity index is 807. The van der Waals surface area contributed by atoms with Crippen LogP contribution in [0.1, 0.15) is 15.9 Å². The van der Waals surface area contributed by atoms with Crippen molar-refractivity contribution in [1.29, 1.82) is 0 Å². The molecule has 1 N–H and O–H groups in total. The normalized spacial score (nSPS) is 10.8. The van der Waals surface area contributed by atoms with Crippen molar-refractivity contribution in [2.24, 2.45) is 7.05 Å². The maximum absolute atomic E-state index is 12.4. The molecule has 106 valence electrons. The average molecular weight is 299 g/mol. The molecule has 3 aromatic rings. The number of aryl methyl sites for hydroxylation is 1. The molecule has 0 saturated carbocycles. The second-order valence-electron chi connectivity index (χ2n) is 4.94. The summed E-state index contributed by atoms with van der Waals surface area (Å²) >= 11 is 6.10. The highest BCUT2D eigenvalue weighted by Gasteiger charge is 2.11. The quantitative estimate of drug-likeness (QED) is 0.785. The van der Waals surface area contributed by atoms with Crippen molar-refractivity contribution in [3.8, 4) is 0 Å². The van der Waals surface area contributed by atoms with E-state index >= 15 is 0 Å². The number of carbonyl (C=O) groups is 1. The third-order valence-corrected chi connectivity index (χ3v) is 3.94. The van der Waals surface area contributed by atoms with Crippen molar-refractivity contribution in [1.82, 2.24) is 9.88 Å². The summed E-state index contributed by atoms with van der Waals surface area (Å²) in [6.45, 7) is 0.418. The van der Waals surface area contributed by atoms with Crippen LogP contribution in [0.5, 0.6) is 0 Å². The molecule has 1 amide bonds. The number of rotatable bonds is 3. The number of nitrogens with one attached hydrogen (secondary N) is 1. The van der Waals surface area contributed by atoms with Crippen molar-refractivity contribution in [3.05, 3.63) is 70.9 Å². The van der Waals surface area contributed by atoms with Gasteiger partial charge in [-0.15, -0.1) is 0 Å². The van der Waals surface area contributed by atoms with Gasteiger partial charge < -0.3 is 9.88 Å². The maximum atomic E-state index is 12.4. The Labute approximate surface area is 128 Å². The van der Waals surface area contributed by atoms with Crippen molar-refractivity contribution in [2.75, 3.05) is 0 Å². The van der Waals surface area contributed by atoms with Gasteiger partial charge in [0.05, 0.1) is 0 Å². The zero-order valence-corrected chi connectivity index (χ0v) is 12.4. The summed E-state index contributed by atoms with van der Waals surface area (Å²) in [6, 6.07) is 15.2. The molecule has 0 spiro atoms. The van der Waals surface area contributed by atoms with Gasteiger partial charge in [0, 0.05) is 41.3 Å². The summed E-state index contributed by atoms with van der Waals surface area (Å²) in [5.41, 5.74) is 2.63.